The van der Waals surface area contributed by atoms with Crippen LogP contribution in [0.2, 0.25) is 0 Å². The second-order valence-electron chi connectivity index (χ2n) is 5.20. The van der Waals surface area contributed by atoms with Gasteiger partial charge in [0.25, 0.3) is 0 Å². The Bertz CT molecular complexity index is 621. The normalized spacial score (nSPS) is 18.4. The molecular formula is C17H20N2O. The highest BCUT2D eigenvalue weighted by Crippen LogP contribution is 2.23. The van der Waals surface area contributed by atoms with Crippen LogP contribution in [0.3, 0.4) is 0 Å². The second-order valence-corrected chi connectivity index (χ2v) is 5.20. The number of hydrogen-bond acceptors (Lipinski definition) is 3. The largest absolute Gasteiger partial charge is 0.494 e. The molecule has 3 rings (SSSR count). The summed E-state index contributed by atoms with van der Waals surface area (Å²) in [5.74, 6) is 0.838. The SMILES string of the molecule is COc1cccc2ccc(CNC3CC=CCC3)nc12. The lowest BCUT2D eigenvalue weighted by Gasteiger charge is -2.19. The molecule has 1 aromatic carbocycles. The molecule has 1 N–H and O–H groups in total. The van der Waals surface area contributed by atoms with Crippen molar-refractivity contribution in [2.45, 2.75) is 31.8 Å². The minimum Gasteiger partial charge on any atom is -0.494 e. The number of allylic oxidation sites excluding steroid dienone is 1. The highest BCUT2D eigenvalue weighted by Gasteiger charge is 2.10. The highest BCUT2D eigenvalue weighted by atomic mass is 16.5. The number of rotatable bonds is 4. The van der Waals surface area contributed by atoms with Crippen LogP contribution in [-0.4, -0.2) is 18.1 Å². The lowest BCUT2D eigenvalue weighted by atomic mass is 10.0. The van der Waals surface area contributed by atoms with Gasteiger partial charge in [-0.3, -0.25) is 0 Å². The lowest BCUT2D eigenvalue weighted by molar-refractivity contribution is 0.418. The summed E-state index contributed by atoms with van der Waals surface area (Å²) in [5.41, 5.74) is 2.01. The average molecular weight is 268 g/mol. The molecule has 0 saturated heterocycles. The molecule has 0 fully saturated rings. The number of benzene rings is 1. The molecule has 0 amide bonds. The Labute approximate surface area is 119 Å². The van der Waals surface area contributed by atoms with Gasteiger partial charge in [0.1, 0.15) is 11.3 Å². The maximum atomic E-state index is 5.38. The molecule has 1 aliphatic rings. The van der Waals surface area contributed by atoms with Gasteiger partial charge in [-0.05, 0) is 31.4 Å². The molecule has 1 unspecified atom stereocenters. The van der Waals surface area contributed by atoms with Gasteiger partial charge >= 0.3 is 0 Å². The van der Waals surface area contributed by atoms with Crippen molar-refractivity contribution in [3.63, 3.8) is 0 Å². The number of ether oxygens (including phenoxy) is 1. The van der Waals surface area contributed by atoms with Gasteiger partial charge in [-0.15, -0.1) is 0 Å². The first-order valence-electron chi connectivity index (χ1n) is 7.18. The fourth-order valence-corrected chi connectivity index (χ4v) is 2.65. The first kappa shape index (κ1) is 13.1. The number of para-hydroxylation sites is 1. The van der Waals surface area contributed by atoms with Gasteiger partial charge in [0.05, 0.1) is 12.8 Å². The number of fused-ring (bicyclic) bond motifs is 1. The molecule has 0 saturated carbocycles. The zero-order valence-corrected chi connectivity index (χ0v) is 11.8. The standard InChI is InChI=1S/C17H20N2O/c1-20-16-9-5-6-13-10-11-15(19-17(13)16)12-18-14-7-3-2-4-8-14/h2-3,5-6,9-11,14,18H,4,7-8,12H2,1H3. The average Bonchev–Trinajstić information content (AvgIpc) is 2.53. The van der Waals surface area contributed by atoms with E-state index < -0.39 is 0 Å². The Morgan fingerprint density at radius 2 is 2.20 bits per heavy atom. The van der Waals surface area contributed by atoms with E-state index in [9.17, 15) is 0 Å². The van der Waals surface area contributed by atoms with E-state index >= 15 is 0 Å². The summed E-state index contributed by atoms with van der Waals surface area (Å²) in [6.45, 7) is 0.812. The maximum Gasteiger partial charge on any atom is 0.145 e. The predicted molar refractivity (Wildman–Crippen MR) is 81.9 cm³/mol. The number of pyridine rings is 1. The predicted octanol–water partition coefficient (Wildman–Crippen LogP) is 3.44. The Morgan fingerprint density at radius 1 is 1.25 bits per heavy atom. The molecule has 0 spiro atoms. The molecule has 20 heavy (non-hydrogen) atoms. The second kappa shape index (κ2) is 6.06. The van der Waals surface area contributed by atoms with Crippen LogP contribution < -0.4 is 10.1 Å². The molecule has 1 atom stereocenters. The third-order valence-corrected chi connectivity index (χ3v) is 3.80. The van der Waals surface area contributed by atoms with E-state index in [1.807, 2.05) is 12.1 Å². The smallest absolute Gasteiger partial charge is 0.145 e. The zero-order valence-electron chi connectivity index (χ0n) is 11.8. The van der Waals surface area contributed by atoms with Crippen LogP contribution in [0.4, 0.5) is 0 Å². The number of nitrogens with zero attached hydrogens (tertiary/aromatic N) is 1. The number of hydrogen-bond donors (Lipinski definition) is 1. The molecule has 1 aliphatic carbocycles. The lowest BCUT2D eigenvalue weighted by Crippen LogP contribution is -2.29. The Kier molecular flexibility index (Phi) is 3.97. The highest BCUT2D eigenvalue weighted by molar-refractivity contribution is 5.84. The van der Waals surface area contributed by atoms with Gasteiger partial charge in [0.2, 0.25) is 0 Å². The molecule has 3 heteroatoms. The van der Waals surface area contributed by atoms with E-state index in [0.29, 0.717) is 6.04 Å². The van der Waals surface area contributed by atoms with Crippen LogP contribution in [0.15, 0.2) is 42.5 Å². The molecule has 3 nitrogen and oxygen atoms in total. The van der Waals surface area contributed by atoms with E-state index in [1.165, 1.54) is 12.8 Å². The van der Waals surface area contributed by atoms with Gasteiger partial charge < -0.3 is 10.1 Å². The molecule has 0 aliphatic heterocycles. The Morgan fingerprint density at radius 3 is 3.00 bits per heavy atom. The molecule has 1 aromatic heterocycles. The summed E-state index contributed by atoms with van der Waals surface area (Å²) < 4.78 is 5.38. The van der Waals surface area contributed by atoms with Crippen LogP contribution in [-0.2, 0) is 6.54 Å². The summed E-state index contributed by atoms with van der Waals surface area (Å²) in [6.07, 6.45) is 8.04. The van der Waals surface area contributed by atoms with Crippen LogP contribution in [0.5, 0.6) is 5.75 Å². The summed E-state index contributed by atoms with van der Waals surface area (Å²) in [6, 6.07) is 10.8. The van der Waals surface area contributed by atoms with Crippen molar-refractivity contribution >= 4 is 10.9 Å². The van der Waals surface area contributed by atoms with Crippen LogP contribution in [0, 0.1) is 0 Å². The van der Waals surface area contributed by atoms with E-state index in [-0.39, 0.29) is 0 Å². The molecule has 1 heterocycles. The van der Waals surface area contributed by atoms with Crippen molar-refractivity contribution in [1.82, 2.24) is 10.3 Å². The van der Waals surface area contributed by atoms with Gasteiger partial charge in [-0.2, -0.15) is 0 Å². The summed E-state index contributed by atoms with van der Waals surface area (Å²) in [5, 5.41) is 4.70. The maximum absolute atomic E-state index is 5.38. The van der Waals surface area contributed by atoms with E-state index in [2.05, 4.69) is 35.7 Å². The number of methoxy groups -OCH3 is 1. The topological polar surface area (TPSA) is 34.1 Å². The summed E-state index contributed by atoms with van der Waals surface area (Å²) in [4.78, 5) is 4.72. The van der Waals surface area contributed by atoms with E-state index in [0.717, 1.165) is 35.3 Å². The third-order valence-electron chi connectivity index (χ3n) is 3.80. The number of nitrogens with one attached hydrogen (secondary N) is 1. The minimum atomic E-state index is 0.579. The summed E-state index contributed by atoms with van der Waals surface area (Å²) in [7, 11) is 1.69. The van der Waals surface area contributed by atoms with Crippen LogP contribution >= 0.6 is 0 Å². The first-order valence-corrected chi connectivity index (χ1v) is 7.18. The molecule has 0 radical (unpaired) electrons. The fraction of sp³-hybridized carbons (Fsp3) is 0.353. The van der Waals surface area contributed by atoms with Gasteiger partial charge in [-0.1, -0.05) is 30.4 Å². The first-order chi connectivity index (χ1) is 9.86. The number of aromatic nitrogens is 1. The Balaban J connectivity index is 1.76. The molecule has 0 bridgehead atoms. The third kappa shape index (κ3) is 2.83. The Hall–Kier alpha value is -1.87. The quantitative estimate of drug-likeness (QED) is 0.862. The van der Waals surface area contributed by atoms with E-state index in [4.69, 9.17) is 9.72 Å². The van der Waals surface area contributed by atoms with Crippen molar-refractivity contribution in [1.29, 1.82) is 0 Å². The van der Waals surface area contributed by atoms with Crippen molar-refractivity contribution in [2.24, 2.45) is 0 Å². The monoisotopic (exact) mass is 268 g/mol. The van der Waals surface area contributed by atoms with Gasteiger partial charge in [-0.25, -0.2) is 4.98 Å². The summed E-state index contributed by atoms with van der Waals surface area (Å²) >= 11 is 0. The van der Waals surface area contributed by atoms with Gasteiger partial charge in [0, 0.05) is 18.0 Å². The van der Waals surface area contributed by atoms with Gasteiger partial charge in [0.15, 0.2) is 0 Å². The molecule has 104 valence electrons. The zero-order chi connectivity index (χ0) is 13.8. The molecule has 2 aromatic rings. The van der Waals surface area contributed by atoms with Crippen molar-refractivity contribution in [3.8, 4) is 5.75 Å². The minimum absolute atomic E-state index is 0.579. The fourth-order valence-electron chi connectivity index (χ4n) is 2.65. The van der Waals surface area contributed by atoms with E-state index in [1.54, 1.807) is 7.11 Å². The van der Waals surface area contributed by atoms with Crippen molar-refractivity contribution in [2.75, 3.05) is 7.11 Å². The van der Waals surface area contributed by atoms with Crippen LogP contribution in [0.25, 0.3) is 10.9 Å². The molecular weight excluding hydrogens is 248 g/mol. The van der Waals surface area contributed by atoms with Crippen molar-refractivity contribution < 1.29 is 4.74 Å². The van der Waals surface area contributed by atoms with Crippen molar-refractivity contribution in [3.05, 3.63) is 48.2 Å². The van der Waals surface area contributed by atoms with Crippen LogP contribution in [0.1, 0.15) is 25.0 Å².